The average Bonchev–Trinajstić information content (AvgIpc) is 3.17. The molecule has 0 saturated carbocycles. The third-order valence-corrected chi connectivity index (χ3v) is 4.83. The van der Waals surface area contributed by atoms with E-state index in [9.17, 15) is 19.2 Å². The number of methoxy groups -OCH3 is 1. The molecule has 29 heavy (non-hydrogen) atoms. The van der Waals surface area contributed by atoms with Gasteiger partial charge in [0.1, 0.15) is 5.56 Å². The number of ether oxygens (including phenoxy) is 1. The molecule has 1 aromatic carbocycles. The Balaban J connectivity index is 1.84. The van der Waals surface area contributed by atoms with Gasteiger partial charge in [-0.1, -0.05) is 12.1 Å². The van der Waals surface area contributed by atoms with Gasteiger partial charge in [-0.3, -0.25) is 14.4 Å². The molecule has 3 N–H and O–H groups in total. The molecule has 1 unspecified atom stereocenters. The normalized spacial score (nSPS) is 18.4. The quantitative estimate of drug-likeness (QED) is 0.684. The lowest BCUT2D eigenvalue weighted by Crippen LogP contribution is -2.46. The number of amides is 2. The van der Waals surface area contributed by atoms with Crippen molar-refractivity contribution in [3.63, 3.8) is 0 Å². The van der Waals surface area contributed by atoms with Crippen LogP contribution in [0.25, 0.3) is 11.3 Å². The third kappa shape index (κ3) is 4.25. The lowest BCUT2D eigenvalue weighted by molar-refractivity contribution is -0.126. The molecule has 0 bridgehead atoms. The van der Waals surface area contributed by atoms with Crippen LogP contribution in [0, 0.1) is 0 Å². The fourth-order valence-corrected chi connectivity index (χ4v) is 3.29. The van der Waals surface area contributed by atoms with Crippen molar-refractivity contribution in [3.8, 4) is 11.3 Å². The number of hydrogen-bond donors (Lipinski definition) is 3. The van der Waals surface area contributed by atoms with E-state index in [1.54, 1.807) is 31.4 Å². The van der Waals surface area contributed by atoms with Gasteiger partial charge in [0.05, 0.1) is 17.8 Å². The molecule has 2 heterocycles. The molecule has 2 atom stereocenters. The van der Waals surface area contributed by atoms with Crippen molar-refractivity contribution in [1.29, 1.82) is 0 Å². The van der Waals surface area contributed by atoms with Gasteiger partial charge in [-0.15, -0.1) is 0 Å². The number of imide groups is 1. The number of carbonyl (C=O) groups excluding carboxylic acids is 2. The van der Waals surface area contributed by atoms with Crippen molar-refractivity contribution in [1.82, 2.24) is 10.3 Å². The van der Waals surface area contributed by atoms with Gasteiger partial charge >= 0.3 is 5.97 Å². The van der Waals surface area contributed by atoms with E-state index in [2.05, 4.69) is 10.3 Å². The second-order valence-electron chi connectivity index (χ2n) is 6.71. The summed E-state index contributed by atoms with van der Waals surface area (Å²) >= 11 is 0. The number of aromatic amines is 1. The molecule has 1 saturated heterocycles. The molecule has 152 valence electrons. The Morgan fingerprint density at radius 1 is 1.14 bits per heavy atom. The Bertz CT molecular complexity index is 998. The number of anilines is 1. The fourth-order valence-electron chi connectivity index (χ4n) is 3.29. The highest BCUT2D eigenvalue weighted by molar-refractivity contribution is 6.16. The zero-order chi connectivity index (χ0) is 21.1. The number of rotatable bonds is 5. The first-order chi connectivity index (χ1) is 13.8. The summed E-state index contributed by atoms with van der Waals surface area (Å²) in [5.41, 5.74) is 0.375. The summed E-state index contributed by atoms with van der Waals surface area (Å²) in [5, 5.41) is 12.0. The number of hydrogen-bond acceptors (Lipinski definition) is 6. The van der Waals surface area contributed by atoms with Gasteiger partial charge < -0.3 is 20.1 Å². The second-order valence-corrected chi connectivity index (χ2v) is 6.71. The predicted octanol–water partition coefficient (Wildman–Crippen LogP) is 0.996. The van der Waals surface area contributed by atoms with Gasteiger partial charge in [0.2, 0.25) is 5.91 Å². The summed E-state index contributed by atoms with van der Waals surface area (Å²) in [4.78, 5) is 51.4. The largest absolute Gasteiger partial charge is 0.477 e. The molecule has 9 heteroatoms. The van der Waals surface area contributed by atoms with Crippen LogP contribution >= 0.6 is 0 Å². The Morgan fingerprint density at radius 2 is 1.83 bits per heavy atom. The molecular formula is C20H21N3O6. The van der Waals surface area contributed by atoms with Crippen LogP contribution in [0.4, 0.5) is 5.69 Å². The Hall–Kier alpha value is -3.30. The molecule has 0 spiro atoms. The topological polar surface area (TPSA) is 129 Å². The van der Waals surface area contributed by atoms with Crippen molar-refractivity contribution in [2.75, 3.05) is 18.6 Å². The highest BCUT2D eigenvalue weighted by Crippen LogP contribution is 2.23. The highest BCUT2D eigenvalue weighted by atomic mass is 16.5. The molecule has 1 aliphatic heterocycles. The van der Waals surface area contributed by atoms with Crippen molar-refractivity contribution in [2.24, 2.45) is 0 Å². The van der Waals surface area contributed by atoms with E-state index < -0.39 is 23.5 Å². The minimum atomic E-state index is -1.31. The summed E-state index contributed by atoms with van der Waals surface area (Å²) in [6, 6.07) is 8.69. The number of aromatic nitrogens is 1. The van der Waals surface area contributed by atoms with Crippen LogP contribution in [0.3, 0.4) is 0 Å². The number of aromatic carboxylic acids is 1. The molecule has 1 aromatic heterocycles. The first kappa shape index (κ1) is 20.4. The van der Waals surface area contributed by atoms with Crippen molar-refractivity contribution >= 4 is 23.5 Å². The maximum absolute atomic E-state index is 12.8. The molecule has 0 radical (unpaired) electrons. The number of H-pyrrole nitrogens is 1. The minimum Gasteiger partial charge on any atom is -0.477 e. The number of pyridine rings is 1. The van der Waals surface area contributed by atoms with E-state index in [1.165, 1.54) is 19.1 Å². The summed E-state index contributed by atoms with van der Waals surface area (Å²) in [5.74, 6) is -2.08. The van der Waals surface area contributed by atoms with E-state index in [-0.39, 0.29) is 17.6 Å². The first-order valence-electron chi connectivity index (χ1n) is 8.99. The van der Waals surface area contributed by atoms with Crippen LogP contribution in [-0.2, 0) is 14.3 Å². The van der Waals surface area contributed by atoms with E-state index in [0.717, 1.165) is 4.90 Å². The molecule has 1 aliphatic rings. The lowest BCUT2D eigenvalue weighted by atomic mass is 10.1. The maximum Gasteiger partial charge on any atom is 0.341 e. The van der Waals surface area contributed by atoms with Crippen molar-refractivity contribution < 1.29 is 24.2 Å². The van der Waals surface area contributed by atoms with E-state index in [1.807, 2.05) is 0 Å². The zero-order valence-electron chi connectivity index (χ0n) is 16.0. The second kappa shape index (κ2) is 8.38. The lowest BCUT2D eigenvalue weighted by Gasteiger charge is -2.23. The van der Waals surface area contributed by atoms with Gasteiger partial charge in [-0.2, -0.15) is 0 Å². The standard InChI is InChI=1S/C20H21N3O6/c1-11(24)23(19(26)17-9-14(29-2)10-21-17)13-5-3-12(4-6-13)16-8-7-15(20(27)28)18(25)22-16/h3-8,14,17,21H,9-10H2,1-2H3,(H,22,25)(H,27,28)/t14?,17-/m0/s1. The van der Waals surface area contributed by atoms with Crippen LogP contribution in [0.2, 0.25) is 0 Å². The highest BCUT2D eigenvalue weighted by Gasteiger charge is 2.34. The Kier molecular flexibility index (Phi) is 5.90. The summed E-state index contributed by atoms with van der Waals surface area (Å²) in [7, 11) is 1.58. The minimum absolute atomic E-state index is 0.0780. The third-order valence-electron chi connectivity index (χ3n) is 4.83. The number of benzene rings is 1. The molecular weight excluding hydrogens is 378 g/mol. The predicted molar refractivity (Wildman–Crippen MR) is 105 cm³/mol. The van der Waals surface area contributed by atoms with E-state index >= 15 is 0 Å². The molecule has 3 rings (SSSR count). The van der Waals surface area contributed by atoms with E-state index in [0.29, 0.717) is 29.9 Å². The maximum atomic E-state index is 12.8. The smallest absolute Gasteiger partial charge is 0.341 e. The van der Waals surface area contributed by atoms with Crippen molar-refractivity contribution in [3.05, 3.63) is 52.3 Å². The average molecular weight is 399 g/mol. The molecule has 2 aromatic rings. The van der Waals surface area contributed by atoms with Crippen LogP contribution < -0.4 is 15.8 Å². The summed E-state index contributed by atoms with van der Waals surface area (Å²) in [6.45, 7) is 1.86. The SMILES string of the molecule is COC1CN[C@H](C(=O)N(C(C)=O)c2ccc(-c3ccc(C(=O)O)c(=O)[nH]3)cc2)C1. The number of nitrogens with one attached hydrogen (secondary N) is 2. The number of carboxylic acids is 1. The number of carboxylic acid groups (broad SMARTS) is 1. The molecule has 0 aliphatic carbocycles. The van der Waals surface area contributed by atoms with Gasteiger partial charge in [0.25, 0.3) is 11.5 Å². The summed E-state index contributed by atoms with van der Waals surface area (Å²) < 4.78 is 5.25. The van der Waals surface area contributed by atoms with Gasteiger partial charge in [-0.05, 0) is 36.2 Å². The van der Waals surface area contributed by atoms with Gasteiger partial charge in [-0.25, -0.2) is 9.69 Å². The summed E-state index contributed by atoms with van der Waals surface area (Å²) in [6.07, 6.45) is 0.402. The van der Waals surface area contributed by atoms with Crippen LogP contribution in [-0.4, -0.2) is 53.7 Å². The first-order valence-corrected chi connectivity index (χ1v) is 8.99. The van der Waals surface area contributed by atoms with Crippen molar-refractivity contribution in [2.45, 2.75) is 25.5 Å². The van der Waals surface area contributed by atoms with Gasteiger partial charge in [0, 0.05) is 26.3 Å². The monoisotopic (exact) mass is 399 g/mol. The van der Waals surface area contributed by atoms with E-state index in [4.69, 9.17) is 9.84 Å². The fraction of sp³-hybridized carbons (Fsp3) is 0.300. The van der Waals surface area contributed by atoms with Gasteiger partial charge in [0.15, 0.2) is 0 Å². The molecule has 1 fully saturated rings. The Labute approximate surface area is 166 Å². The van der Waals surface area contributed by atoms with Crippen LogP contribution in [0.15, 0.2) is 41.2 Å². The molecule has 2 amide bonds. The van der Waals surface area contributed by atoms with Crippen LogP contribution in [0.1, 0.15) is 23.7 Å². The zero-order valence-corrected chi connectivity index (χ0v) is 16.0. The molecule has 9 nitrogen and oxygen atoms in total. The number of carbonyl (C=O) groups is 3. The van der Waals surface area contributed by atoms with Crippen LogP contribution in [0.5, 0.6) is 0 Å². The Morgan fingerprint density at radius 3 is 2.34 bits per heavy atom. The number of nitrogens with zero attached hydrogens (tertiary/aromatic N) is 1.